The molecule has 1 saturated heterocycles. The smallest absolute Gasteiger partial charge is 0.253 e. The maximum Gasteiger partial charge on any atom is 0.253 e. The Morgan fingerprint density at radius 2 is 1.81 bits per heavy atom. The molecule has 1 fully saturated rings. The standard InChI is InChI=1S/C20H24Cl2N4O/c1-3-8-24(2)17-6-4-15(5-7-17)20(27)26-11-9-25(10-12-26)19-18(22)13-16(21)14-23-19/h4-7,13-14H,3,8-12H2,1-2H3. The number of pyridine rings is 1. The van der Waals surface area contributed by atoms with Gasteiger partial charge in [0.1, 0.15) is 5.82 Å². The second-order valence-electron chi connectivity index (χ2n) is 6.71. The summed E-state index contributed by atoms with van der Waals surface area (Å²) in [5.41, 5.74) is 1.85. The summed E-state index contributed by atoms with van der Waals surface area (Å²) in [6.45, 7) is 5.81. The van der Waals surface area contributed by atoms with Crippen molar-refractivity contribution in [1.82, 2.24) is 9.88 Å². The molecule has 2 aromatic rings. The SMILES string of the molecule is CCCN(C)c1ccc(C(=O)N2CCN(c3ncc(Cl)cc3Cl)CC2)cc1. The molecule has 27 heavy (non-hydrogen) atoms. The van der Waals surface area contributed by atoms with Crippen LogP contribution < -0.4 is 9.80 Å². The number of piperazine rings is 1. The monoisotopic (exact) mass is 406 g/mol. The van der Waals surface area contributed by atoms with Crippen LogP contribution in [0.25, 0.3) is 0 Å². The second-order valence-corrected chi connectivity index (χ2v) is 7.55. The third-order valence-corrected chi connectivity index (χ3v) is 5.25. The molecule has 0 bridgehead atoms. The molecule has 0 spiro atoms. The van der Waals surface area contributed by atoms with Crippen molar-refractivity contribution in [2.45, 2.75) is 13.3 Å². The van der Waals surface area contributed by atoms with Crippen molar-refractivity contribution in [1.29, 1.82) is 0 Å². The number of carbonyl (C=O) groups is 1. The fraction of sp³-hybridized carbons (Fsp3) is 0.400. The lowest BCUT2D eigenvalue weighted by Crippen LogP contribution is -2.49. The number of amides is 1. The Morgan fingerprint density at radius 1 is 1.15 bits per heavy atom. The number of halogens is 2. The van der Waals surface area contributed by atoms with Gasteiger partial charge in [-0.25, -0.2) is 4.98 Å². The van der Waals surface area contributed by atoms with Crippen molar-refractivity contribution in [2.75, 3.05) is 49.6 Å². The molecule has 3 rings (SSSR count). The number of rotatable bonds is 5. The van der Waals surface area contributed by atoms with Crippen LogP contribution >= 0.6 is 23.2 Å². The Morgan fingerprint density at radius 3 is 2.41 bits per heavy atom. The van der Waals surface area contributed by atoms with Gasteiger partial charge in [0.05, 0.1) is 10.0 Å². The molecule has 1 aliphatic heterocycles. The highest BCUT2D eigenvalue weighted by Gasteiger charge is 2.24. The number of hydrogen-bond donors (Lipinski definition) is 0. The predicted molar refractivity (Wildman–Crippen MR) is 112 cm³/mol. The van der Waals surface area contributed by atoms with Gasteiger partial charge in [-0.15, -0.1) is 0 Å². The average Bonchev–Trinajstić information content (AvgIpc) is 2.68. The van der Waals surface area contributed by atoms with Crippen LogP contribution in [0.1, 0.15) is 23.7 Å². The van der Waals surface area contributed by atoms with E-state index in [0.717, 1.165) is 30.0 Å². The molecule has 1 aromatic heterocycles. The molecule has 0 atom stereocenters. The Kier molecular flexibility index (Phi) is 6.45. The Bertz CT molecular complexity index is 789. The zero-order valence-electron chi connectivity index (χ0n) is 15.7. The van der Waals surface area contributed by atoms with Crippen LogP contribution in [0.3, 0.4) is 0 Å². The molecule has 144 valence electrons. The first-order chi connectivity index (χ1) is 13.0. The van der Waals surface area contributed by atoms with Crippen LogP contribution in [0, 0.1) is 0 Å². The molecule has 0 radical (unpaired) electrons. The first-order valence-electron chi connectivity index (χ1n) is 9.16. The molecule has 0 N–H and O–H groups in total. The van der Waals surface area contributed by atoms with Gasteiger partial charge in [-0.2, -0.15) is 0 Å². The van der Waals surface area contributed by atoms with Gasteiger partial charge >= 0.3 is 0 Å². The predicted octanol–water partition coefficient (Wildman–Crippen LogP) is 4.20. The van der Waals surface area contributed by atoms with Gasteiger partial charge in [-0.1, -0.05) is 30.1 Å². The zero-order valence-corrected chi connectivity index (χ0v) is 17.2. The molecule has 1 aliphatic rings. The first-order valence-corrected chi connectivity index (χ1v) is 9.91. The van der Waals surface area contributed by atoms with Crippen molar-refractivity contribution >= 4 is 40.6 Å². The van der Waals surface area contributed by atoms with Gasteiger partial charge < -0.3 is 14.7 Å². The van der Waals surface area contributed by atoms with E-state index in [1.54, 1.807) is 12.3 Å². The molecule has 0 unspecified atom stereocenters. The van der Waals surface area contributed by atoms with Gasteiger partial charge in [0.2, 0.25) is 0 Å². The molecule has 1 aromatic carbocycles. The van der Waals surface area contributed by atoms with E-state index in [0.29, 0.717) is 36.2 Å². The van der Waals surface area contributed by atoms with Crippen molar-refractivity contribution in [2.24, 2.45) is 0 Å². The lowest BCUT2D eigenvalue weighted by Gasteiger charge is -2.35. The molecule has 1 amide bonds. The van der Waals surface area contributed by atoms with E-state index in [4.69, 9.17) is 23.2 Å². The van der Waals surface area contributed by atoms with Crippen molar-refractivity contribution in [3.63, 3.8) is 0 Å². The number of nitrogens with zero attached hydrogens (tertiary/aromatic N) is 4. The lowest BCUT2D eigenvalue weighted by atomic mass is 10.1. The van der Waals surface area contributed by atoms with Crippen LogP contribution in [0.4, 0.5) is 11.5 Å². The summed E-state index contributed by atoms with van der Waals surface area (Å²) in [5.74, 6) is 0.783. The molecule has 0 aliphatic carbocycles. The van der Waals surface area contributed by atoms with Crippen LogP contribution in [-0.2, 0) is 0 Å². The minimum Gasteiger partial charge on any atom is -0.375 e. The highest BCUT2D eigenvalue weighted by Crippen LogP contribution is 2.27. The summed E-state index contributed by atoms with van der Waals surface area (Å²) in [7, 11) is 2.06. The summed E-state index contributed by atoms with van der Waals surface area (Å²) >= 11 is 12.2. The van der Waals surface area contributed by atoms with Crippen LogP contribution in [0.2, 0.25) is 10.0 Å². The number of anilines is 2. The van der Waals surface area contributed by atoms with E-state index in [9.17, 15) is 4.79 Å². The molecule has 5 nitrogen and oxygen atoms in total. The fourth-order valence-corrected chi connectivity index (χ4v) is 3.77. The molecular weight excluding hydrogens is 383 g/mol. The first kappa shape index (κ1) is 19.8. The topological polar surface area (TPSA) is 39.7 Å². The van der Waals surface area contributed by atoms with Gasteiger partial charge in [-0.3, -0.25) is 4.79 Å². The second kappa shape index (κ2) is 8.81. The number of carbonyl (C=O) groups excluding carboxylic acids is 1. The quantitative estimate of drug-likeness (QED) is 0.745. The third kappa shape index (κ3) is 4.66. The average molecular weight is 407 g/mol. The summed E-state index contributed by atoms with van der Waals surface area (Å²) < 4.78 is 0. The number of benzene rings is 1. The van der Waals surface area contributed by atoms with Gasteiger partial charge in [0, 0.05) is 57.2 Å². The van der Waals surface area contributed by atoms with Crippen LogP contribution in [-0.4, -0.2) is 55.6 Å². The van der Waals surface area contributed by atoms with E-state index in [-0.39, 0.29) is 5.91 Å². The molecule has 2 heterocycles. The summed E-state index contributed by atoms with van der Waals surface area (Å²) in [5, 5.41) is 1.06. The highest BCUT2D eigenvalue weighted by molar-refractivity contribution is 6.36. The lowest BCUT2D eigenvalue weighted by molar-refractivity contribution is 0.0746. The Labute approximate surface area is 170 Å². The van der Waals surface area contributed by atoms with E-state index < -0.39 is 0 Å². The number of aromatic nitrogens is 1. The highest BCUT2D eigenvalue weighted by atomic mass is 35.5. The molecular formula is C20H24Cl2N4O. The normalized spacial score (nSPS) is 14.4. The van der Waals surface area contributed by atoms with Gasteiger partial charge in [0.15, 0.2) is 0 Å². The van der Waals surface area contributed by atoms with Gasteiger partial charge in [0.25, 0.3) is 5.91 Å². The fourth-order valence-electron chi connectivity index (χ4n) is 3.27. The van der Waals surface area contributed by atoms with E-state index in [1.807, 2.05) is 29.2 Å². The molecule has 0 saturated carbocycles. The van der Waals surface area contributed by atoms with E-state index >= 15 is 0 Å². The summed E-state index contributed by atoms with van der Waals surface area (Å²) in [6.07, 6.45) is 2.69. The Hall–Kier alpha value is -1.98. The zero-order chi connectivity index (χ0) is 19.4. The van der Waals surface area contributed by atoms with E-state index in [2.05, 4.69) is 28.8 Å². The van der Waals surface area contributed by atoms with Crippen LogP contribution in [0.15, 0.2) is 36.5 Å². The molecule has 7 heteroatoms. The van der Waals surface area contributed by atoms with E-state index in [1.165, 1.54) is 0 Å². The maximum atomic E-state index is 12.8. The van der Waals surface area contributed by atoms with Crippen molar-refractivity contribution < 1.29 is 4.79 Å². The number of hydrogen-bond acceptors (Lipinski definition) is 4. The van der Waals surface area contributed by atoms with Crippen molar-refractivity contribution in [3.8, 4) is 0 Å². The Balaban J connectivity index is 1.61. The van der Waals surface area contributed by atoms with Crippen molar-refractivity contribution in [3.05, 3.63) is 52.1 Å². The maximum absolute atomic E-state index is 12.8. The largest absolute Gasteiger partial charge is 0.375 e. The summed E-state index contributed by atoms with van der Waals surface area (Å²) in [6, 6.07) is 9.54. The summed E-state index contributed by atoms with van der Waals surface area (Å²) in [4.78, 5) is 23.3. The third-order valence-electron chi connectivity index (χ3n) is 4.77. The minimum absolute atomic E-state index is 0.0644. The van der Waals surface area contributed by atoms with Crippen LogP contribution in [0.5, 0.6) is 0 Å². The van der Waals surface area contributed by atoms with Gasteiger partial charge in [-0.05, 0) is 36.8 Å². The minimum atomic E-state index is 0.0644.